The van der Waals surface area contributed by atoms with E-state index in [9.17, 15) is 18.0 Å². The number of nitrogens with zero attached hydrogens (tertiary/aromatic N) is 1. The Morgan fingerprint density at radius 3 is 2.12 bits per heavy atom. The summed E-state index contributed by atoms with van der Waals surface area (Å²) in [4.78, 5) is 18.5. The van der Waals surface area contributed by atoms with Gasteiger partial charge in [-0.05, 0) is 23.6 Å². The molecular weight excluding hydrogens is 319 g/mol. The molecule has 1 fully saturated rings. The van der Waals surface area contributed by atoms with Crippen molar-refractivity contribution in [3.05, 3.63) is 65.7 Å². The van der Waals surface area contributed by atoms with Gasteiger partial charge in [-0.3, -0.25) is 4.79 Å². The minimum absolute atomic E-state index is 0.235. The maximum atomic E-state index is 13.2. The molecule has 0 aliphatic carbocycles. The van der Waals surface area contributed by atoms with Gasteiger partial charge in [-0.25, -0.2) is 4.84 Å². The van der Waals surface area contributed by atoms with Gasteiger partial charge in [-0.1, -0.05) is 56.3 Å². The first-order valence-electron chi connectivity index (χ1n) is 7.54. The summed E-state index contributed by atoms with van der Waals surface area (Å²) in [7, 11) is 0. The number of rotatable bonds is 3. The Bertz CT molecular complexity index is 758. The van der Waals surface area contributed by atoms with Crippen LogP contribution in [0.1, 0.15) is 25.0 Å². The molecule has 0 saturated carbocycles. The van der Waals surface area contributed by atoms with E-state index in [2.05, 4.69) is 0 Å². The Morgan fingerprint density at radius 1 is 1.00 bits per heavy atom. The topological polar surface area (TPSA) is 29.5 Å². The average Bonchev–Trinajstić information content (AvgIpc) is 2.54. The predicted octanol–water partition coefficient (Wildman–Crippen LogP) is 4.54. The second kappa shape index (κ2) is 5.63. The van der Waals surface area contributed by atoms with Crippen LogP contribution in [0.4, 0.5) is 18.9 Å². The molecule has 0 N–H and O–H groups in total. The van der Waals surface area contributed by atoms with E-state index in [0.29, 0.717) is 5.56 Å². The molecule has 3 rings (SSSR count). The van der Waals surface area contributed by atoms with Crippen LogP contribution in [0.25, 0.3) is 0 Å². The summed E-state index contributed by atoms with van der Waals surface area (Å²) in [6.45, 7) is 3.61. The second-order valence-electron chi connectivity index (χ2n) is 5.96. The van der Waals surface area contributed by atoms with Crippen molar-refractivity contribution in [1.82, 2.24) is 0 Å². The molecule has 0 radical (unpaired) electrons. The Morgan fingerprint density at radius 2 is 1.58 bits per heavy atom. The van der Waals surface area contributed by atoms with E-state index in [-0.39, 0.29) is 11.6 Å². The van der Waals surface area contributed by atoms with Gasteiger partial charge in [0.05, 0.1) is 11.3 Å². The van der Waals surface area contributed by atoms with Gasteiger partial charge in [-0.15, -0.1) is 0 Å². The summed E-state index contributed by atoms with van der Waals surface area (Å²) in [6.07, 6.45) is -4.57. The quantitative estimate of drug-likeness (QED) is 0.824. The number of amides is 1. The number of benzene rings is 2. The number of hydrogen-bond donors (Lipinski definition) is 0. The zero-order chi connectivity index (χ0) is 17.5. The van der Waals surface area contributed by atoms with E-state index in [1.807, 2.05) is 0 Å². The van der Waals surface area contributed by atoms with E-state index < -0.39 is 23.2 Å². The van der Waals surface area contributed by atoms with Gasteiger partial charge in [0.1, 0.15) is 0 Å². The zero-order valence-corrected chi connectivity index (χ0v) is 13.2. The van der Waals surface area contributed by atoms with Crippen molar-refractivity contribution in [3.8, 4) is 0 Å². The number of para-hydroxylation sites is 1. The second-order valence-corrected chi connectivity index (χ2v) is 5.96. The first-order valence-corrected chi connectivity index (χ1v) is 7.54. The summed E-state index contributed by atoms with van der Waals surface area (Å²) in [5, 5.41) is 0.746. The molecule has 24 heavy (non-hydrogen) atoms. The molecule has 0 unspecified atom stereocenters. The first kappa shape index (κ1) is 16.5. The van der Waals surface area contributed by atoms with Crippen molar-refractivity contribution in [3.63, 3.8) is 0 Å². The molecule has 1 atom stereocenters. The molecule has 2 aromatic carbocycles. The molecule has 1 amide bonds. The lowest BCUT2D eigenvalue weighted by Gasteiger charge is -2.50. The van der Waals surface area contributed by atoms with E-state index >= 15 is 0 Å². The lowest BCUT2D eigenvalue weighted by molar-refractivity contribution is -0.202. The van der Waals surface area contributed by atoms with Crippen LogP contribution in [-0.2, 0) is 21.4 Å². The molecule has 6 heteroatoms. The average molecular weight is 335 g/mol. The van der Waals surface area contributed by atoms with Crippen LogP contribution in [-0.4, -0.2) is 5.91 Å². The number of alkyl halides is 3. The Hall–Kier alpha value is -2.34. The Kier molecular flexibility index (Phi) is 3.87. The normalized spacial score (nSPS) is 21.1. The van der Waals surface area contributed by atoms with Crippen LogP contribution in [0.2, 0.25) is 0 Å². The Labute approximate surface area is 137 Å². The van der Waals surface area contributed by atoms with E-state index in [1.54, 1.807) is 44.2 Å². The lowest BCUT2D eigenvalue weighted by Crippen LogP contribution is -2.65. The maximum absolute atomic E-state index is 13.2. The van der Waals surface area contributed by atoms with Crippen LogP contribution < -0.4 is 5.06 Å². The van der Waals surface area contributed by atoms with Gasteiger partial charge in [-0.2, -0.15) is 18.2 Å². The monoisotopic (exact) mass is 335 g/mol. The molecule has 1 aliphatic heterocycles. The number of carbonyl (C=O) groups is 1. The highest BCUT2D eigenvalue weighted by Crippen LogP contribution is 2.48. The summed E-state index contributed by atoms with van der Waals surface area (Å²) in [5.74, 6) is -0.734. The largest absolute Gasteiger partial charge is 0.418 e. The third-order valence-corrected chi connectivity index (χ3v) is 4.18. The molecule has 1 aliphatic rings. The molecule has 126 valence electrons. The smallest absolute Gasteiger partial charge is 0.268 e. The number of hydroxylamine groups is 1. The lowest BCUT2D eigenvalue weighted by atomic mass is 9.80. The highest BCUT2D eigenvalue weighted by Gasteiger charge is 2.59. The Balaban J connectivity index is 2.01. The molecule has 1 heterocycles. The summed E-state index contributed by atoms with van der Waals surface area (Å²) < 4.78 is 39.5. The zero-order valence-electron chi connectivity index (χ0n) is 13.2. The molecule has 3 nitrogen and oxygen atoms in total. The van der Waals surface area contributed by atoms with Crippen molar-refractivity contribution < 1.29 is 22.8 Å². The van der Waals surface area contributed by atoms with Gasteiger partial charge < -0.3 is 0 Å². The fraction of sp³-hybridized carbons (Fsp3) is 0.278. The van der Waals surface area contributed by atoms with Crippen molar-refractivity contribution in [2.24, 2.45) is 5.92 Å². The molecule has 0 aromatic heterocycles. The van der Waals surface area contributed by atoms with Crippen LogP contribution in [0, 0.1) is 5.92 Å². The SMILES string of the molecule is CC(C)[C@@]1(c2ccccc2)ON(c2ccccc2C(F)(F)F)C1=O. The third-order valence-electron chi connectivity index (χ3n) is 4.18. The van der Waals surface area contributed by atoms with Crippen LogP contribution >= 0.6 is 0 Å². The highest BCUT2D eigenvalue weighted by atomic mass is 19.4. The van der Waals surface area contributed by atoms with Crippen molar-refractivity contribution in [2.45, 2.75) is 25.6 Å². The van der Waals surface area contributed by atoms with Crippen molar-refractivity contribution in [1.29, 1.82) is 0 Å². The molecule has 0 spiro atoms. The first-order chi connectivity index (χ1) is 11.3. The predicted molar refractivity (Wildman–Crippen MR) is 83.0 cm³/mol. The fourth-order valence-corrected chi connectivity index (χ4v) is 2.93. The van der Waals surface area contributed by atoms with E-state index in [0.717, 1.165) is 11.1 Å². The van der Waals surface area contributed by atoms with E-state index in [1.165, 1.54) is 18.2 Å². The number of carbonyl (C=O) groups excluding carboxylic acids is 1. The van der Waals surface area contributed by atoms with Crippen LogP contribution in [0.5, 0.6) is 0 Å². The molecule has 1 saturated heterocycles. The van der Waals surface area contributed by atoms with Gasteiger partial charge in [0.2, 0.25) is 5.60 Å². The van der Waals surface area contributed by atoms with Gasteiger partial charge in [0.15, 0.2) is 0 Å². The summed E-state index contributed by atoms with van der Waals surface area (Å²) in [6, 6.07) is 13.7. The minimum Gasteiger partial charge on any atom is -0.268 e. The number of hydrogen-bond acceptors (Lipinski definition) is 2. The third kappa shape index (κ3) is 2.38. The molecule has 0 bridgehead atoms. The number of halogens is 3. The number of anilines is 1. The van der Waals surface area contributed by atoms with Gasteiger partial charge in [0.25, 0.3) is 5.91 Å². The van der Waals surface area contributed by atoms with Crippen LogP contribution in [0.3, 0.4) is 0 Å². The van der Waals surface area contributed by atoms with Crippen molar-refractivity contribution in [2.75, 3.05) is 5.06 Å². The minimum atomic E-state index is -4.57. The standard InChI is InChI=1S/C18H16F3NO2/c1-12(2)17(13-8-4-3-5-9-13)16(23)22(24-17)15-11-7-6-10-14(15)18(19,20)21/h3-12H,1-2H3/t17-/m0/s1. The van der Waals surface area contributed by atoms with E-state index in [4.69, 9.17) is 4.84 Å². The fourth-order valence-electron chi connectivity index (χ4n) is 2.93. The molecule has 2 aromatic rings. The van der Waals surface area contributed by atoms with Crippen LogP contribution in [0.15, 0.2) is 54.6 Å². The summed E-state index contributed by atoms with van der Waals surface area (Å²) in [5.41, 5.74) is -1.82. The van der Waals surface area contributed by atoms with Gasteiger partial charge in [0, 0.05) is 0 Å². The summed E-state index contributed by atoms with van der Waals surface area (Å²) >= 11 is 0. The van der Waals surface area contributed by atoms with Gasteiger partial charge >= 0.3 is 6.18 Å². The highest BCUT2D eigenvalue weighted by molar-refractivity contribution is 6.04. The van der Waals surface area contributed by atoms with Crippen molar-refractivity contribution >= 4 is 11.6 Å². The molecular formula is C18H16F3NO2. The maximum Gasteiger partial charge on any atom is 0.418 e.